The number of barbiturate groups is 1. The molecule has 1 atom stereocenters. The monoisotopic (exact) mass is 576 g/mol. The van der Waals surface area contributed by atoms with Crippen molar-refractivity contribution in [2.24, 2.45) is 0 Å². The highest BCUT2D eigenvalue weighted by atomic mass is 35.5. The molecule has 8 nitrogen and oxygen atoms in total. The number of nitrogens with zero attached hydrogens (tertiary/aromatic N) is 1. The summed E-state index contributed by atoms with van der Waals surface area (Å²) in [6.45, 7) is 8.89. The molecule has 3 aromatic carbocycles. The summed E-state index contributed by atoms with van der Waals surface area (Å²) in [5.74, 6) is 0.360. The van der Waals surface area contributed by atoms with Crippen LogP contribution in [0.5, 0.6) is 17.2 Å². The zero-order valence-electron chi connectivity index (χ0n) is 23.5. The van der Waals surface area contributed by atoms with E-state index in [9.17, 15) is 14.4 Å². The molecule has 1 N–H and O–H groups in total. The van der Waals surface area contributed by atoms with Crippen molar-refractivity contribution in [1.82, 2.24) is 5.32 Å². The van der Waals surface area contributed by atoms with Crippen LogP contribution in [0, 0.1) is 6.92 Å². The van der Waals surface area contributed by atoms with Gasteiger partial charge in [0.15, 0.2) is 11.5 Å². The predicted molar refractivity (Wildman–Crippen MR) is 159 cm³/mol. The third-order valence-corrected chi connectivity index (χ3v) is 6.98. The molecule has 0 saturated carbocycles. The van der Waals surface area contributed by atoms with Gasteiger partial charge in [0.2, 0.25) is 0 Å². The Labute approximate surface area is 244 Å². The summed E-state index contributed by atoms with van der Waals surface area (Å²) in [5, 5.41) is 2.46. The van der Waals surface area contributed by atoms with E-state index in [1.807, 2.05) is 26.0 Å². The van der Waals surface area contributed by atoms with Crippen LogP contribution in [0.2, 0.25) is 5.02 Å². The molecule has 1 heterocycles. The molecule has 1 fully saturated rings. The topological polar surface area (TPSA) is 94.2 Å². The first-order valence-corrected chi connectivity index (χ1v) is 13.9. The predicted octanol–water partition coefficient (Wildman–Crippen LogP) is 6.68. The molecular formula is C32H33ClN2O6. The highest BCUT2D eigenvalue weighted by Gasteiger charge is 2.36. The largest absolute Gasteiger partial charge is 0.490 e. The van der Waals surface area contributed by atoms with Crippen molar-refractivity contribution in [2.75, 3.05) is 24.7 Å². The molecule has 9 heteroatoms. The van der Waals surface area contributed by atoms with E-state index in [0.717, 1.165) is 22.6 Å². The third-order valence-electron chi connectivity index (χ3n) is 6.70. The average molecular weight is 577 g/mol. The summed E-state index contributed by atoms with van der Waals surface area (Å²) in [6.07, 6.45) is 2.44. The van der Waals surface area contributed by atoms with Crippen LogP contribution < -0.4 is 24.4 Å². The molecule has 3 aromatic rings. The molecule has 41 heavy (non-hydrogen) atoms. The lowest BCUT2D eigenvalue weighted by Crippen LogP contribution is -2.54. The minimum absolute atomic E-state index is 0.210. The second-order valence-corrected chi connectivity index (χ2v) is 10.0. The molecule has 0 aliphatic carbocycles. The van der Waals surface area contributed by atoms with Gasteiger partial charge in [0.1, 0.15) is 24.5 Å². The molecule has 0 radical (unpaired) electrons. The van der Waals surface area contributed by atoms with Crippen molar-refractivity contribution < 1.29 is 28.6 Å². The van der Waals surface area contributed by atoms with Crippen molar-refractivity contribution in [1.29, 1.82) is 0 Å². The maximum absolute atomic E-state index is 13.2. The maximum atomic E-state index is 13.2. The number of amides is 4. The Morgan fingerprint density at radius 3 is 2.27 bits per heavy atom. The summed E-state index contributed by atoms with van der Waals surface area (Å²) in [5.41, 5.74) is 2.79. The summed E-state index contributed by atoms with van der Waals surface area (Å²) < 4.78 is 17.5. The Bertz CT molecular complexity index is 1450. The molecule has 1 aliphatic rings. The van der Waals surface area contributed by atoms with Crippen molar-refractivity contribution in [3.63, 3.8) is 0 Å². The number of hydrogen-bond acceptors (Lipinski definition) is 6. The second kappa shape index (κ2) is 13.4. The average Bonchev–Trinajstić information content (AvgIpc) is 2.95. The maximum Gasteiger partial charge on any atom is 0.335 e. The second-order valence-electron chi connectivity index (χ2n) is 9.63. The number of rotatable bonds is 11. The lowest BCUT2D eigenvalue weighted by Gasteiger charge is -2.26. The van der Waals surface area contributed by atoms with Crippen molar-refractivity contribution >= 4 is 41.2 Å². The molecule has 4 amide bonds. The van der Waals surface area contributed by atoms with Gasteiger partial charge in [-0.15, -0.1) is 0 Å². The van der Waals surface area contributed by atoms with E-state index in [4.69, 9.17) is 25.8 Å². The van der Waals surface area contributed by atoms with E-state index in [0.29, 0.717) is 35.3 Å². The summed E-state index contributed by atoms with van der Waals surface area (Å²) >= 11 is 6.55. The Balaban J connectivity index is 1.49. The van der Waals surface area contributed by atoms with Gasteiger partial charge in [-0.25, -0.2) is 9.69 Å². The van der Waals surface area contributed by atoms with E-state index >= 15 is 0 Å². The van der Waals surface area contributed by atoms with Gasteiger partial charge >= 0.3 is 6.03 Å². The Morgan fingerprint density at radius 1 is 0.927 bits per heavy atom. The van der Waals surface area contributed by atoms with Gasteiger partial charge in [-0.1, -0.05) is 55.3 Å². The van der Waals surface area contributed by atoms with Gasteiger partial charge in [-0.3, -0.25) is 14.9 Å². The van der Waals surface area contributed by atoms with E-state index in [1.165, 1.54) is 11.6 Å². The number of carbonyl (C=O) groups excluding carboxylic acids is 3. The number of aryl methyl sites for hydroxylation is 1. The zero-order valence-corrected chi connectivity index (χ0v) is 24.3. The number of nitrogens with one attached hydrogen (secondary N) is 1. The van der Waals surface area contributed by atoms with Crippen LogP contribution in [-0.2, 0) is 9.59 Å². The van der Waals surface area contributed by atoms with Crippen LogP contribution in [-0.4, -0.2) is 37.7 Å². The molecule has 1 saturated heterocycles. The van der Waals surface area contributed by atoms with Crippen LogP contribution in [0.25, 0.3) is 6.08 Å². The lowest BCUT2D eigenvalue weighted by atomic mass is 9.99. The van der Waals surface area contributed by atoms with E-state index in [-0.39, 0.29) is 23.8 Å². The van der Waals surface area contributed by atoms with Crippen LogP contribution in [0.1, 0.15) is 49.8 Å². The number of carbonyl (C=O) groups is 3. The normalized spacial score (nSPS) is 15.1. The molecule has 0 bridgehead atoms. The number of halogens is 1. The molecule has 1 aliphatic heterocycles. The van der Waals surface area contributed by atoms with Gasteiger partial charge in [0.05, 0.1) is 17.3 Å². The molecule has 4 rings (SSSR count). The van der Waals surface area contributed by atoms with Gasteiger partial charge < -0.3 is 14.2 Å². The number of anilines is 1. The molecule has 214 valence electrons. The first kappa shape index (κ1) is 29.7. The number of hydrogen-bond donors (Lipinski definition) is 1. The standard InChI is InChI=1S/C32H33ClN2O6/c1-5-21(4)23-9-13-25(14-10-23)40-15-16-41-29-27(33)18-22(19-28(29)39-6-2)17-26-30(36)34-32(38)35(31(26)37)24-11-7-20(3)8-12-24/h7-14,17-19,21H,5-6,15-16H2,1-4H3,(H,34,36,38). The third kappa shape index (κ3) is 7.08. The van der Waals surface area contributed by atoms with E-state index in [1.54, 1.807) is 36.4 Å². The van der Waals surface area contributed by atoms with Gasteiger partial charge in [0, 0.05) is 0 Å². The summed E-state index contributed by atoms with van der Waals surface area (Å²) in [4.78, 5) is 39.3. The molecular weight excluding hydrogens is 544 g/mol. The van der Waals surface area contributed by atoms with Crippen LogP contribution in [0.3, 0.4) is 0 Å². The summed E-state index contributed by atoms with van der Waals surface area (Å²) in [6, 6.07) is 17.2. The fraction of sp³-hybridized carbons (Fsp3) is 0.281. The number of urea groups is 1. The van der Waals surface area contributed by atoms with Crippen LogP contribution >= 0.6 is 11.6 Å². The van der Waals surface area contributed by atoms with Crippen LogP contribution in [0.15, 0.2) is 66.2 Å². The minimum atomic E-state index is -0.813. The molecule has 1 unspecified atom stereocenters. The Kier molecular flexibility index (Phi) is 9.68. The Morgan fingerprint density at radius 2 is 1.61 bits per heavy atom. The minimum Gasteiger partial charge on any atom is -0.490 e. The van der Waals surface area contributed by atoms with Crippen molar-refractivity contribution in [2.45, 2.75) is 40.0 Å². The van der Waals surface area contributed by atoms with E-state index < -0.39 is 17.8 Å². The van der Waals surface area contributed by atoms with Crippen molar-refractivity contribution in [3.8, 4) is 17.2 Å². The lowest BCUT2D eigenvalue weighted by molar-refractivity contribution is -0.122. The Hall–Kier alpha value is -4.30. The number of imide groups is 2. The number of ether oxygens (including phenoxy) is 3. The van der Waals surface area contributed by atoms with E-state index in [2.05, 4.69) is 31.3 Å². The van der Waals surface area contributed by atoms with Gasteiger partial charge in [-0.2, -0.15) is 0 Å². The highest BCUT2D eigenvalue weighted by molar-refractivity contribution is 6.39. The zero-order chi connectivity index (χ0) is 29.5. The highest BCUT2D eigenvalue weighted by Crippen LogP contribution is 2.37. The smallest absolute Gasteiger partial charge is 0.335 e. The fourth-order valence-electron chi connectivity index (χ4n) is 4.26. The van der Waals surface area contributed by atoms with Gasteiger partial charge in [0.25, 0.3) is 11.8 Å². The molecule has 0 aromatic heterocycles. The fourth-order valence-corrected chi connectivity index (χ4v) is 4.53. The van der Waals surface area contributed by atoms with Crippen molar-refractivity contribution in [3.05, 3.63) is 87.9 Å². The first-order chi connectivity index (χ1) is 19.7. The SMILES string of the molecule is CCOc1cc(C=C2C(=O)NC(=O)N(c3ccc(C)cc3)C2=O)cc(Cl)c1OCCOc1ccc(C(C)CC)cc1. The first-order valence-electron chi connectivity index (χ1n) is 13.5. The number of benzene rings is 3. The van der Waals surface area contributed by atoms with Crippen LogP contribution in [0.4, 0.5) is 10.5 Å². The quantitative estimate of drug-likeness (QED) is 0.155. The molecule has 0 spiro atoms. The summed E-state index contributed by atoms with van der Waals surface area (Å²) in [7, 11) is 0. The van der Waals surface area contributed by atoms with Gasteiger partial charge in [-0.05, 0) is 79.8 Å².